The molecule has 0 radical (unpaired) electrons. The fourth-order valence-corrected chi connectivity index (χ4v) is 2.56. The summed E-state index contributed by atoms with van der Waals surface area (Å²) >= 11 is 0. The molecule has 0 aromatic heterocycles. The zero-order valence-corrected chi connectivity index (χ0v) is 14.2. The van der Waals surface area contributed by atoms with Crippen molar-refractivity contribution in [3.05, 3.63) is 0 Å². The van der Waals surface area contributed by atoms with Crippen molar-refractivity contribution in [2.45, 2.75) is 78.8 Å². The van der Waals surface area contributed by atoms with Crippen LogP contribution in [0.25, 0.3) is 0 Å². The Morgan fingerprint density at radius 1 is 0.762 bits per heavy atom. The average molecular weight is 309 g/mol. The van der Waals surface area contributed by atoms with Gasteiger partial charge in [-0.15, -0.1) is 0 Å². The second-order valence-electron chi connectivity index (χ2n) is 7.05. The topological polar surface area (TPSA) is 12.0 Å². The van der Waals surface area contributed by atoms with Gasteiger partial charge in [0.15, 0.2) is 0 Å². The molecule has 0 aliphatic heterocycles. The van der Waals surface area contributed by atoms with E-state index in [0.29, 0.717) is 12.5 Å². The Labute approximate surface area is 129 Å². The standard InChI is InChI=1S/C17H34F3N/c1-14(2)7-5-8-15(3)9-6-10-16(4)11-12-21-13-17(18,19)20/h14-16,21H,5-13H2,1-4H3. The van der Waals surface area contributed by atoms with Crippen LogP contribution in [0.15, 0.2) is 0 Å². The lowest BCUT2D eigenvalue weighted by atomic mass is 9.92. The lowest BCUT2D eigenvalue weighted by molar-refractivity contribution is -0.124. The van der Waals surface area contributed by atoms with E-state index in [9.17, 15) is 13.2 Å². The van der Waals surface area contributed by atoms with Crippen molar-refractivity contribution in [1.82, 2.24) is 5.32 Å². The monoisotopic (exact) mass is 309 g/mol. The third kappa shape index (κ3) is 16.0. The van der Waals surface area contributed by atoms with Gasteiger partial charge in [0.1, 0.15) is 0 Å². The lowest BCUT2D eigenvalue weighted by Gasteiger charge is -2.15. The predicted octanol–water partition coefficient (Wildman–Crippen LogP) is 5.80. The zero-order valence-electron chi connectivity index (χ0n) is 14.2. The van der Waals surface area contributed by atoms with E-state index in [4.69, 9.17) is 0 Å². The van der Waals surface area contributed by atoms with Gasteiger partial charge in [-0.1, -0.05) is 66.2 Å². The number of halogens is 3. The van der Waals surface area contributed by atoms with E-state index in [1.54, 1.807) is 0 Å². The molecule has 0 aromatic rings. The molecule has 2 unspecified atom stereocenters. The molecule has 0 bridgehead atoms. The first-order valence-electron chi connectivity index (χ1n) is 8.48. The van der Waals surface area contributed by atoms with Crippen LogP contribution in [0.1, 0.15) is 72.6 Å². The summed E-state index contributed by atoms with van der Waals surface area (Å²) in [5.41, 5.74) is 0. The summed E-state index contributed by atoms with van der Waals surface area (Å²) in [5, 5.41) is 2.47. The molecule has 0 aliphatic rings. The number of alkyl halides is 3. The molecule has 0 saturated heterocycles. The molecule has 1 N–H and O–H groups in total. The van der Waals surface area contributed by atoms with Crippen molar-refractivity contribution in [2.24, 2.45) is 17.8 Å². The molecule has 0 aromatic carbocycles. The van der Waals surface area contributed by atoms with Crippen molar-refractivity contribution in [3.63, 3.8) is 0 Å². The van der Waals surface area contributed by atoms with Gasteiger partial charge in [-0.05, 0) is 30.7 Å². The highest BCUT2D eigenvalue weighted by Crippen LogP contribution is 2.20. The normalized spacial score (nSPS) is 15.4. The highest BCUT2D eigenvalue weighted by molar-refractivity contribution is 4.61. The van der Waals surface area contributed by atoms with Crippen molar-refractivity contribution >= 4 is 0 Å². The summed E-state index contributed by atoms with van der Waals surface area (Å²) in [6.07, 6.45) is 4.25. The van der Waals surface area contributed by atoms with Gasteiger partial charge in [-0.3, -0.25) is 0 Å². The van der Waals surface area contributed by atoms with E-state index in [0.717, 1.165) is 24.7 Å². The number of rotatable bonds is 12. The summed E-state index contributed by atoms with van der Waals surface area (Å²) in [6.45, 7) is 8.57. The van der Waals surface area contributed by atoms with Crippen molar-refractivity contribution in [1.29, 1.82) is 0 Å². The molecule has 2 atom stereocenters. The van der Waals surface area contributed by atoms with Gasteiger partial charge in [-0.25, -0.2) is 0 Å². The first kappa shape index (κ1) is 20.8. The van der Waals surface area contributed by atoms with Crippen LogP contribution in [0, 0.1) is 17.8 Å². The molecule has 0 aliphatic carbocycles. The predicted molar refractivity (Wildman–Crippen MR) is 84.4 cm³/mol. The number of hydrogen-bond acceptors (Lipinski definition) is 1. The maximum absolute atomic E-state index is 12.0. The Balaban J connectivity index is 3.46. The summed E-state index contributed by atoms with van der Waals surface area (Å²) < 4.78 is 35.9. The third-order valence-corrected chi connectivity index (χ3v) is 4.01. The minimum absolute atomic E-state index is 0.463. The van der Waals surface area contributed by atoms with E-state index in [1.165, 1.54) is 32.1 Å². The molecule has 0 amide bonds. The summed E-state index contributed by atoms with van der Waals surface area (Å²) in [7, 11) is 0. The van der Waals surface area contributed by atoms with E-state index in [2.05, 4.69) is 33.0 Å². The smallest absolute Gasteiger partial charge is 0.309 e. The van der Waals surface area contributed by atoms with Gasteiger partial charge < -0.3 is 5.32 Å². The van der Waals surface area contributed by atoms with Crippen LogP contribution in [0.5, 0.6) is 0 Å². The van der Waals surface area contributed by atoms with Crippen molar-refractivity contribution in [3.8, 4) is 0 Å². The average Bonchev–Trinajstić information content (AvgIpc) is 2.33. The zero-order chi connectivity index (χ0) is 16.3. The summed E-state index contributed by atoms with van der Waals surface area (Å²) in [6, 6.07) is 0. The third-order valence-electron chi connectivity index (χ3n) is 4.01. The van der Waals surface area contributed by atoms with Gasteiger partial charge in [0.05, 0.1) is 6.54 Å². The Morgan fingerprint density at radius 2 is 1.24 bits per heavy atom. The fraction of sp³-hybridized carbons (Fsp3) is 1.00. The van der Waals surface area contributed by atoms with Gasteiger partial charge in [0.2, 0.25) is 0 Å². The molecule has 1 nitrogen and oxygen atoms in total. The summed E-state index contributed by atoms with van der Waals surface area (Å²) in [4.78, 5) is 0. The van der Waals surface area contributed by atoms with E-state index in [-0.39, 0.29) is 0 Å². The highest BCUT2D eigenvalue weighted by Gasteiger charge is 2.25. The van der Waals surface area contributed by atoms with Crippen LogP contribution in [-0.2, 0) is 0 Å². The van der Waals surface area contributed by atoms with E-state index >= 15 is 0 Å². The van der Waals surface area contributed by atoms with E-state index < -0.39 is 12.7 Å². The van der Waals surface area contributed by atoms with E-state index in [1.807, 2.05) is 0 Å². The molecule has 4 heteroatoms. The van der Waals surface area contributed by atoms with Crippen LogP contribution in [-0.4, -0.2) is 19.3 Å². The van der Waals surface area contributed by atoms with Crippen LogP contribution >= 0.6 is 0 Å². The quantitative estimate of drug-likeness (QED) is 0.449. The van der Waals surface area contributed by atoms with Crippen molar-refractivity contribution in [2.75, 3.05) is 13.1 Å². The number of hydrogen-bond donors (Lipinski definition) is 1. The van der Waals surface area contributed by atoms with Crippen LogP contribution in [0.4, 0.5) is 13.2 Å². The molecule has 0 fully saturated rings. The molecular formula is C17H34F3N. The molecule has 21 heavy (non-hydrogen) atoms. The lowest BCUT2D eigenvalue weighted by Crippen LogP contribution is -2.30. The Hall–Kier alpha value is -0.250. The minimum atomic E-state index is -4.09. The Bertz CT molecular complexity index is 239. The largest absolute Gasteiger partial charge is 0.401 e. The highest BCUT2D eigenvalue weighted by atomic mass is 19.4. The second kappa shape index (κ2) is 11.3. The van der Waals surface area contributed by atoms with Crippen LogP contribution in [0.3, 0.4) is 0 Å². The van der Waals surface area contributed by atoms with Crippen molar-refractivity contribution < 1.29 is 13.2 Å². The molecule has 0 spiro atoms. The fourth-order valence-electron chi connectivity index (χ4n) is 2.56. The maximum Gasteiger partial charge on any atom is 0.401 e. The van der Waals surface area contributed by atoms with Gasteiger partial charge in [0, 0.05) is 0 Å². The summed E-state index contributed by atoms with van der Waals surface area (Å²) in [5.74, 6) is 2.08. The first-order chi connectivity index (χ1) is 9.70. The molecule has 0 heterocycles. The second-order valence-corrected chi connectivity index (χ2v) is 7.05. The van der Waals surface area contributed by atoms with Crippen LogP contribution in [0.2, 0.25) is 0 Å². The SMILES string of the molecule is CC(C)CCCC(C)CCCC(C)CCNCC(F)(F)F. The van der Waals surface area contributed by atoms with Gasteiger partial charge in [-0.2, -0.15) is 13.2 Å². The minimum Gasteiger partial charge on any atom is -0.309 e. The van der Waals surface area contributed by atoms with Crippen LogP contribution < -0.4 is 5.32 Å². The Morgan fingerprint density at radius 3 is 1.71 bits per heavy atom. The van der Waals surface area contributed by atoms with Gasteiger partial charge >= 0.3 is 6.18 Å². The number of nitrogens with one attached hydrogen (secondary N) is 1. The Kier molecular flexibility index (Phi) is 11.2. The molecule has 128 valence electrons. The van der Waals surface area contributed by atoms with Gasteiger partial charge in [0.25, 0.3) is 0 Å². The molecule has 0 saturated carbocycles. The molecule has 0 rings (SSSR count). The first-order valence-corrected chi connectivity index (χ1v) is 8.48. The molecular weight excluding hydrogens is 275 g/mol. The maximum atomic E-state index is 12.0.